The third-order valence-corrected chi connectivity index (χ3v) is 5.78. The molecule has 0 aromatic rings. The molecule has 21 heavy (non-hydrogen) atoms. The number of nitrogens with zero attached hydrogens (tertiary/aromatic N) is 1. The fourth-order valence-corrected chi connectivity index (χ4v) is 4.14. The summed E-state index contributed by atoms with van der Waals surface area (Å²) < 4.78 is 11.3. The van der Waals surface area contributed by atoms with Crippen LogP contribution in [0.3, 0.4) is 0 Å². The zero-order chi connectivity index (χ0) is 16.1. The van der Waals surface area contributed by atoms with Gasteiger partial charge in [0.05, 0.1) is 12.7 Å². The zero-order valence-corrected chi connectivity index (χ0v) is 15.0. The normalized spacial score (nSPS) is 13.4. The van der Waals surface area contributed by atoms with Gasteiger partial charge >= 0.3 is 0 Å². The maximum atomic E-state index is 9.97. The molecule has 1 unspecified atom stereocenters. The van der Waals surface area contributed by atoms with Crippen LogP contribution in [0.5, 0.6) is 0 Å². The summed E-state index contributed by atoms with van der Waals surface area (Å²) in [5, 5.41) is 9.97. The highest BCUT2D eigenvalue weighted by Gasteiger charge is 2.20. The molecule has 0 aliphatic rings. The molecule has 0 bridgehead atoms. The Morgan fingerprint density at radius 2 is 1.86 bits per heavy atom. The summed E-state index contributed by atoms with van der Waals surface area (Å²) >= 11 is 0. The average molecular weight is 316 g/mol. The first kappa shape index (κ1) is 20.5. The lowest BCUT2D eigenvalue weighted by atomic mass is 10.3. The van der Waals surface area contributed by atoms with Crippen LogP contribution < -0.4 is 0 Å². The molecule has 5 heteroatoms. The summed E-state index contributed by atoms with van der Waals surface area (Å²) in [7, 11) is -1.50. The van der Waals surface area contributed by atoms with E-state index in [1.165, 1.54) is 0 Å². The standard InChI is InChI=1S/C16H33NO3Si/c1-6-10-17(11-7-2)14-16(18)15-19-12-9-13-21(4,5)20-8-3/h6-7,16,18H,1-2,8-15H2,3-5H3. The van der Waals surface area contributed by atoms with Gasteiger partial charge in [-0.3, -0.25) is 4.90 Å². The van der Waals surface area contributed by atoms with Crippen molar-refractivity contribution < 1.29 is 14.3 Å². The second-order valence-electron chi connectivity index (χ2n) is 5.82. The molecule has 0 aliphatic heterocycles. The lowest BCUT2D eigenvalue weighted by molar-refractivity contribution is 0.0203. The number of rotatable bonds is 14. The van der Waals surface area contributed by atoms with Gasteiger partial charge in [0.1, 0.15) is 0 Å². The van der Waals surface area contributed by atoms with Crippen LogP contribution in [0.25, 0.3) is 0 Å². The molecule has 0 aliphatic carbocycles. The van der Waals surface area contributed by atoms with Gasteiger partial charge in [0, 0.05) is 32.8 Å². The molecule has 0 fully saturated rings. The molecule has 0 rings (SSSR count). The van der Waals surface area contributed by atoms with Crippen LogP contribution in [-0.4, -0.2) is 63.9 Å². The van der Waals surface area contributed by atoms with E-state index in [1.54, 1.807) is 0 Å². The predicted octanol–water partition coefficient (Wildman–Crippen LogP) is 2.67. The van der Waals surface area contributed by atoms with Crippen molar-refractivity contribution in [2.24, 2.45) is 0 Å². The van der Waals surface area contributed by atoms with E-state index in [-0.39, 0.29) is 0 Å². The lowest BCUT2D eigenvalue weighted by Gasteiger charge is -2.23. The van der Waals surface area contributed by atoms with Crippen molar-refractivity contribution in [1.29, 1.82) is 0 Å². The van der Waals surface area contributed by atoms with Gasteiger partial charge in [0.25, 0.3) is 0 Å². The molecule has 0 radical (unpaired) electrons. The fourth-order valence-electron chi connectivity index (χ4n) is 2.22. The summed E-state index contributed by atoms with van der Waals surface area (Å²) in [6.45, 7) is 17.9. The van der Waals surface area contributed by atoms with Crippen LogP contribution in [0.15, 0.2) is 25.3 Å². The van der Waals surface area contributed by atoms with Crippen LogP contribution in [-0.2, 0) is 9.16 Å². The molecular weight excluding hydrogens is 282 g/mol. The van der Waals surface area contributed by atoms with E-state index < -0.39 is 14.4 Å². The summed E-state index contributed by atoms with van der Waals surface area (Å²) in [5.41, 5.74) is 0. The Morgan fingerprint density at radius 3 is 2.38 bits per heavy atom. The van der Waals surface area contributed by atoms with Crippen molar-refractivity contribution in [2.75, 3.05) is 39.5 Å². The van der Waals surface area contributed by atoms with Gasteiger partial charge in [0.15, 0.2) is 8.32 Å². The molecule has 0 saturated carbocycles. The molecular formula is C16H33NO3Si. The van der Waals surface area contributed by atoms with Crippen molar-refractivity contribution in [2.45, 2.75) is 38.6 Å². The average Bonchev–Trinajstić information content (AvgIpc) is 2.38. The molecule has 0 aromatic heterocycles. The smallest absolute Gasteiger partial charge is 0.186 e. The van der Waals surface area contributed by atoms with Gasteiger partial charge in [-0.1, -0.05) is 12.2 Å². The minimum atomic E-state index is -1.50. The molecule has 4 nitrogen and oxygen atoms in total. The van der Waals surface area contributed by atoms with E-state index in [0.29, 0.717) is 19.8 Å². The first-order chi connectivity index (χ1) is 9.95. The third kappa shape index (κ3) is 11.8. The van der Waals surface area contributed by atoms with Gasteiger partial charge in [-0.05, 0) is 32.5 Å². The second kappa shape index (κ2) is 12.1. The van der Waals surface area contributed by atoms with Crippen LogP contribution in [0, 0.1) is 0 Å². The number of ether oxygens (including phenoxy) is 1. The minimum Gasteiger partial charge on any atom is -0.418 e. The second-order valence-corrected chi connectivity index (χ2v) is 10.1. The van der Waals surface area contributed by atoms with Gasteiger partial charge in [0.2, 0.25) is 0 Å². The summed E-state index contributed by atoms with van der Waals surface area (Å²) in [4.78, 5) is 2.08. The quantitative estimate of drug-likeness (QED) is 0.304. The fraction of sp³-hybridized carbons (Fsp3) is 0.750. The SMILES string of the molecule is C=CCN(CC=C)CC(O)COCCC[Si](C)(C)OCC. The number of aliphatic hydroxyl groups excluding tert-OH is 1. The number of aliphatic hydroxyl groups is 1. The van der Waals surface area contributed by atoms with Crippen LogP contribution in [0.4, 0.5) is 0 Å². The zero-order valence-electron chi connectivity index (χ0n) is 14.0. The van der Waals surface area contributed by atoms with Gasteiger partial charge in [-0.2, -0.15) is 0 Å². The molecule has 0 aromatic carbocycles. The summed E-state index contributed by atoms with van der Waals surface area (Å²) in [6, 6.07) is 1.09. The molecule has 0 saturated heterocycles. The Labute approximate surface area is 131 Å². The maximum absolute atomic E-state index is 9.97. The summed E-state index contributed by atoms with van der Waals surface area (Å²) in [5.74, 6) is 0. The van der Waals surface area contributed by atoms with Gasteiger partial charge in [-0.15, -0.1) is 13.2 Å². The Hall–Kier alpha value is -0.463. The van der Waals surface area contributed by atoms with E-state index in [2.05, 4.69) is 31.2 Å². The summed E-state index contributed by atoms with van der Waals surface area (Å²) in [6.07, 6.45) is 4.19. The van der Waals surface area contributed by atoms with Gasteiger partial charge in [-0.25, -0.2) is 0 Å². The molecule has 0 spiro atoms. The topological polar surface area (TPSA) is 41.9 Å². The number of hydrogen-bond donors (Lipinski definition) is 1. The Kier molecular flexibility index (Phi) is 11.9. The first-order valence-corrected chi connectivity index (χ1v) is 10.9. The Morgan fingerprint density at radius 1 is 1.24 bits per heavy atom. The highest BCUT2D eigenvalue weighted by atomic mass is 28.4. The minimum absolute atomic E-state index is 0.376. The van der Waals surface area contributed by atoms with E-state index in [0.717, 1.165) is 32.2 Å². The Bertz CT molecular complexity index is 275. The van der Waals surface area contributed by atoms with Crippen molar-refractivity contribution in [1.82, 2.24) is 4.90 Å². The molecule has 124 valence electrons. The lowest BCUT2D eigenvalue weighted by Crippen LogP contribution is -2.35. The first-order valence-electron chi connectivity index (χ1n) is 7.79. The van der Waals surface area contributed by atoms with E-state index in [9.17, 15) is 5.11 Å². The van der Waals surface area contributed by atoms with Crippen molar-refractivity contribution >= 4 is 8.32 Å². The van der Waals surface area contributed by atoms with Crippen LogP contribution >= 0.6 is 0 Å². The highest BCUT2D eigenvalue weighted by molar-refractivity contribution is 6.71. The molecule has 0 heterocycles. The van der Waals surface area contributed by atoms with Gasteiger partial charge < -0.3 is 14.3 Å². The monoisotopic (exact) mass is 315 g/mol. The molecule has 0 amide bonds. The third-order valence-electron chi connectivity index (χ3n) is 3.16. The van der Waals surface area contributed by atoms with Crippen molar-refractivity contribution in [3.8, 4) is 0 Å². The highest BCUT2D eigenvalue weighted by Crippen LogP contribution is 2.13. The molecule has 1 N–H and O–H groups in total. The Balaban J connectivity index is 3.75. The molecule has 1 atom stereocenters. The van der Waals surface area contributed by atoms with E-state index in [4.69, 9.17) is 9.16 Å². The van der Waals surface area contributed by atoms with E-state index in [1.807, 2.05) is 19.1 Å². The van der Waals surface area contributed by atoms with Crippen molar-refractivity contribution in [3.05, 3.63) is 25.3 Å². The van der Waals surface area contributed by atoms with Crippen molar-refractivity contribution in [3.63, 3.8) is 0 Å². The predicted molar refractivity (Wildman–Crippen MR) is 92.2 cm³/mol. The maximum Gasteiger partial charge on any atom is 0.186 e. The van der Waals surface area contributed by atoms with E-state index >= 15 is 0 Å². The van der Waals surface area contributed by atoms with Crippen LogP contribution in [0.1, 0.15) is 13.3 Å². The number of hydrogen-bond acceptors (Lipinski definition) is 4. The largest absolute Gasteiger partial charge is 0.418 e. The van der Waals surface area contributed by atoms with Crippen LogP contribution in [0.2, 0.25) is 19.1 Å².